The fourth-order valence-electron chi connectivity index (χ4n) is 0.639. The molecule has 0 radical (unpaired) electrons. The standard InChI is InChI=1S/C7H7FN2O2/c8-5-1-3-6(4-2-5)12-7(11)10-9/h1-4H,9H2,(H,10,11). The van der Waals surface area contributed by atoms with Crippen LogP contribution < -0.4 is 16.0 Å². The normalized spacial score (nSPS) is 9.17. The topological polar surface area (TPSA) is 64.3 Å². The van der Waals surface area contributed by atoms with E-state index >= 15 is 0 Å². The number of amides is 1. The van der Waals surface area contributed by atoms with Gasteiger partial charge in [-0.2, -0.15) is 0 Å². The lowest BCUT2D eigenvalue weighted by Crippen LogP contribution is -2.32. The summed E-state index contributed by atoms with van der Waals surface area (Å²) >= 11 is 0. The van der Waals surface area contributed by atoms with Crippen LogP contribution in [0.25, 0.3) is 0 Å². The number of carbonyl (C=O) groups excluding carboxylic acids is 1. The molecule has 5 heteroatoms. The zero-order valence-electron chi connectivity index (χ0n) is 6.08. The minimum Gasteiger partial charge on any atom is -0.409 e. The van der Waals surface area contributed by atoms with Crippen molar-refractivity contribution in [3.05, 3.63) is 30.1 Å². The molecular weight excluding hydrogens is 163 g/mol. The fraction of sp³-hybridized carbons (Fsp3) is 0. The Morgan fingerprint density at radius 2 is 2.00 bits per heavy atom. The van der Waals surface area contributed by atoms with E-state index in [0.717, 1.165) is 0 Å². The fourth-order valence-corrected chi connectivity index (χ4v) is 0.639. The van der Waals surface area contributed by atoms with E-state index in [4.69, 9.17) is 5.84 Å². The van der Waals surface area contributed by atoms with Crippen LogP contribution in [0.3, 0.4) is 0 Å². The summed E-state index contributed by atoms with van der Waals surface area (Å²) in [5.41, 5.74) is 1.77. The zero-order valence-corrected chi connectivity index (χ0v) is 6.08. The third-order valence-corrected chi connectivity index (χ3v) is 1.14. The highest BCUT2D eigenvalue weighted by molar-refractivity contribution is 5.69. The van der Waals surface area contributed by atoms with E-state index in [2.05, 4.69) is 4.74 Å². The maximum absolute atomic E-state index is 12.3. The van der Waals surface area contributed by atoms with Crippen molar-refractivity contribution in [1.82, 2.24) is 5.43 Å². The Balaban J connectivity index is 2.64. The lowest BCUT2D eigenvalue weighted by molar-refractivity contribution is 0.200. The van der Waals surface area contributed by atoms with Crippen LogP contribution in [-0.2, 0) is 0 Å². The minimum atomic E-state index is -0.790. The Hall–Kier alpha value is -1.62. The SMILES string of the molecule is NNC(=O)Oc1ccc(F)cc1. The van der Waals surface area contributed by atoms with E-state index in [-0.39, 0.29) is 5.75 Å². The number of halogens is 1. The molecule has 4 nitrogen and oxygen atoms in total. The summed E-state index contributed by atoms with van der Waals surface area (Å²) in [5.74, 6) is 4.59. The summed E-state index contributed by atoms with van der Waals surface area (Å²) in [6.45, 7) is 0. The zero-order chi connectivity index (χ0) is 8.97. The Bertz CT molecular complexity index is 273. The van der Waals surface area contributed by atoms with Crippen LogP contribution in [0.5, 0.6) is 5.75 Å². The minimum absolute atomic E-state index is 0.236. The first kappa shape index (κ1) is 8.48. The van der Waals surface area contributed by atoms with Crippen molar-refractivity contribution in [1.29, 1.82) is 0 Å². The number of nitrogens with two attached hydrogens (primary N) is 1. The first-order valence-electron chi connectivity index (χ1n) is 3.16. The molecule has 1 aromatic rings. The third kappa shape index (κ3) is 2.21. The molecule has 0 saturated heterocycles. The number of hydrazine groups is 1. The summed E-state index contributed by atoms with van der Waals surface area (Å²) in [6.07, 6.45) is -0.790. The summed E-state index contributed by atoms with van der Waals surface area (Å²) in [5, 5.41) is 0. The molecule has 0 aliphatic rings. The molecule has 0 heterocycles. The second-order valence-corrected chi connectivity index (χ2v) is 1.99. The molecule has 1 aromatic carbocycles. The van der Waals surface area contributed by atoms with Crippen molar-refractivity contribution in [3.8, 4) is 5.75 Å². The maximum Gasteiger partial charge on any atom is 0.426 e. The van der Waals surface area contributed by atoms with Gasteiger partial charge in [-0.25, -0.2) is 15.0 Å². The average Bonchev–Trinajstić information content (AvgIpc) is 2.09. The van der Waals surface area contributed by atoms with Crippen molar-refractivity contribution in [2.45, 2.75) is 0 Å². The van der Waals surface area contributed by atoms with Crippen LogP contribution >= 0.6 is 0 Å². The van der Waals surface area contributed by atoms with Crippen LogP contribution in [0.4, 0.5) is 9.18 Å². The van der Waals surface area contributed by atoms with E-state index in [1.54, 1.807) is 5.43 Å². The molecule has 0 saturated carbocycles. The molecule has 0 spiro atoms. The van der Waals surface area contributed by atoms with Gasteiger partial charge in [-0.1, -0.05) is 0 Å². The molecular formula is C7H7FN2O2. The summed E-state index contributed by atoms with van der Waals surface area (Å²) in [6, 6.07) is 5.01. The highest BCUT2D eigenvalue weighted by Crippen LogP contribution is 2.10. The van der Waals surface area contributed by atoms with Crippen molar-refractivity contribution >= 4 is 6.09 Å². The molecule has 0 aliphatic carbocycles. The van der Waals surface area contributed by atoms with E-state index < -0.39 is 11.9 Å². The number of benzene rings is 1. The number of rotatable bonds is 1. The van der Waals surface area contributed by atoms with Crippen LogP contribution in [0.1, 0.15) is 0 Å². The average molecular weight is 170 g/mol. The van der Waals surface area contributed by atoms with Gasteiger partial charge in [0, 0.05) is 0 Å². The van der Waals surface area contributed by atoms with Crippen LogP contribution in [0.2, 0.25) is 0 Å². The Labute approximate surface area is 68.1 Å². The van der Waals surface area contributed by atoms with Gasteiger partial charge in [0.2, 0.25) is 0 Å². The summed E-state index contributed by atoms with van der Waals surface area (Å²) in [7, 11) is 0. The summed E-state index contributed by atoms with van der Waals surface area (Å²) < 4.78 is 16.9. The molecule has 1 amide bonds. The molecule has 0 fully saturated rings. The number of ether oxygens (including phenoxy) is 1. The number of nitrogens with one attached hydrogen (secondary N) is 1. The first-order chi connectivity index (χ1) is 5.72. The van der Waals surface area contributed by atoms with Crippen molar-refractivity contribution in [2.75, 3.05) is 0 Å². The monoisotopic (exact) mass is 170 g/mol. The predicted molar refractivity (Wildman–Crippen MR) is 39.7 cm³/mol. The van der Waals surface area contributed by atoms with Crippen LogP contribution in [-0.4, -0.2) is 6.09 Å². The van der Waals surface area contributed by atoms with Gasteiger partial charge in [-0.15, -0.1) is 0 Å². The molecule has 0 bridgehead atoms. The van der Waals surface area contributed by atoms with E-state index in [1.165, 1.54) is 24.3 Å². The lowest BCUT2D eigenvalue weighted by Gasteiger charge is -2.01. The van der Waals surface area contributed by atoms with Gasteiger partial charge in [0.1, 0.15) is 11.6 Å². The second kappa shape index (κ2) is 3.68. The van der Waals surface area contributed by atoms with Crippen molar-refractivity contribution in [2.24, 2.45) is 5.84 Å². The van der Waals surface area contributed by atoms with Gasteiger partial charge in [-0.3, -0.25) is 5.43 Å². The molecule has 12 heavy (non-hydrogen) atoms. The van der Waals surface area contributed by atoms with Gasteiger partial charge in [0.25, 0.3) is 0 Å². The lowest BCUT2D eigenvalue weighted by atomic mass is 10.3. The number of hydrogen-bond donors (Lipinski definition) is 2. The highest BCUT2D eigenvalue weighted by atomic mass is 19.1. The molecule has 0 aliphatic heterocycles. The Morgan fingerprint density at radius 1 is 1.42 bits per heavy atom. The van der Waals surface area contributed by atoms with Gasteiger partial charge in [0.05, 0.1) is 0 Å². The smallest absolute Gasteiger partial charge is 0.409 e. The predicted octanol–water partition coefficient (Wildman–Crippen LogP) is 0.788. The summed E-state index contributed by atoms with van der Waals surface area (Å²) in [4.78, 5) is 10.5. The van der Waals surface area contributed by atoms with Gasteiger partial charge in [0.15, 0.2) is 0 Å². The molecule has 0 atom stereocenters. The third-order valence-electron chi connectivity index (χ3n) is 1.14. The molecule has 1 rings (SSSR count). The first-order valence-corrected chi connectivity index (χ1v) is 3.16. The second-order valence-electron chi connectivity index (χ2n) is 1.99. The van der Waals surface area contributed by atoms with Gasteiger partial charge in [-0.05, 0) is 24.3 Å². The van der Waals surface area contributed by atoms with Crippen LogP contribution in [0, 0.1) is 5.82 Å². The van der Waals surface area contributed by atoms with E-state index in [9.17, 15) is 9.18 Å². The Kier molecular flexibility index (Phi) is 2.60. The molecule has 64 valence electrons. The van der Waals surface area contributed by atoms with E-state index in [0.29, 0.717) is 0 Å². The Morgan fingerprint density at radius 3 is 2.50 bits per heavy atom. The molecule has 3 N–H and O–H groups in total. The largest absolute Gasteiger partial charge is 0.426 e. The highest BCUT2D eigenvalue weighted by Gasteiger charge is 2.00. The van der Waals surface area contributed by atoms with Gasteiger partial charge < -0.3 is 4.74 Å². The quantitative estimate of drug-likeness (QED) is 0.372. The van der Waals surface area contributed by atoms with Crippen molar-refractivity contribution < 1.29 is 13.9 Å². The number of hydrogen-bond acceptors (Lipinski definition) is 3. The molecule has 0 unspecified atom stereocenters. The van der Waals surface area contributed by atoms with E-state index in [1.807, 2.05) is 0 Å². The van der Waals surface area contributed by atoms with Crippen molar-refractivity contribution in [3.63, 3.8) is 0 Å². The maximum atomic E-state index is 12.3. The van der Waals surface area contributed by atoms with Gasteiger partial charge >= 0.3 is 6.09 Å². The van der Waals surface area contributed by atoms with Crippen LogP contribution in [0.15, 0.2) is 24.3 Å². The molecule has 0 aromatic heterocycles. The number of carbonyl (C=O) groups is 1.